The Balaban J connectivity index is 3.13. The van der Waals surface area contributed by atoms with Crippen LogP contribution in [0.1, 0.15) is 12.5 Å². The summed E-state index contributed by atoms with van der Waals surface area (Å²) in [6.07, 6.45) is 1.49. The van der Waals surface area contributed by atoms with Crippen LogP contribution in [0.4, 0.5) is 4.39 Å². The summed E-state index contributed by atoms with van der Waals surface area (Å²) in [6, 6.07) is 4.16. The molecule has 1 aromatic carbocycles. The van der Waals surface area contributed by atoms with Gasteiger partial charge >= 0.3 is 0 Å². The molecule has 0 saturated carbocycles. The number of aliphatic hydroxyl groups excluding tert-OH is 1. The largest absolute Gasteiger partial charge is 0.508 e. The second-order valence-electron chi connectivity index (χ2n) is 2.30. The molecule has 0 spiro atoms. The number of hydrogen-bond donors (Lipinski definition) is 1. The van der Waals surface area contributed by atoms with Crippen molar-refractivity contribution in [1.82, 2.24) is 0 Å². The van der Waals surface area contributed by atoms with E-state index in [1.807, 2.05) is 0 Å². The third-order valence-corrected chi connectivity index (χ3v) is 1.80. The van der Waals surface area contributed by atoms with Gasteiger partial charge < -0.3 is 5.11 Å². The van der Waals surface area contributed by atoms with Crippen molar-refractivity contribution >= 4 is 17.4 Å². The van der Waals surface area contributed by atoms with Crippen LogP contribution in [0.5, 0.6) is 0 Å². The maximum Gasteiger partial charge on any atom is 0.142 e. The molecule has 0 radical (unpaired) electrons. The molecule has 1 aromatic rings. The lowest BCUT2D eigenvalue weighted by atomic mass is 10.2. The first-order chi connectivity index (χ1) is 5.65. The van der Waals surface area contributed by atoms with Gasteiger partial charge in [0.15, 0.2) is 0 Å². The average molecular weight is 187 g/mol. The van der Waals surface area contributed by atoms with Crippen LogP contribution in [0.15, 0.2) is 24.3 Å². The number of hydrogen-bond acceptors (Lipinski definition) is 1. The second-order valence-corrected chi connectivity index (χ2v) is 2.71. The van der Waals surface area contributed by atoms with Crippen LogP contribution >= 0.6 is 11.6 Å². The van der Waals surface area contributed by atoms with Gasteiger partial charge in [-0.1, -0.05) is 11.6 Å². The van der Waals surface area contributed by atoms with Gasteiger partial charge in [-0.3, -0.25) is 0 Å². The van der Waals surface area contributed by atoms with Crippen molar-refractivity contribution in [2.75, 3.05) is 0 Å². The van der Waals surface area contributed by atoms with E-state index in [2.05, 4.69) is 0 Å². The van der Waals surface area contributed by atoms with E-state index in [9.17, 15) is 9.50 Å². The smallest absolute Gasteiger partial charge is 0.142 e. The van der Waals surface area contributed by atoms with Crippen LogP contribution in [0.2, 0.25) is 5.02 Å². The summed E-state index contributed by atoms with van der Waals surface area (Å²) >= 11 is 5.45. The first-order valence-corrected chi connectivity index (χ1v) is 3.83. The van der Waals surface area contributed by atoms with Gasteiger partial charge in [0, 0.05) is 5.56 Å². The monoisotopic (exact) mass is 186 g/mol. The predicted octanol–water partition coefficient (Wildman–Crippen LogP) is 3.40. The van der Waals surface area contributed by atoms with Crippen LogP contribution in [0.25, 0.3) is 5.76 Å². The molecule has 0 heterocycles. The molecule has 0 amide bonds. The van der Waals surface area contributed by atoms with E-state index in [0.717, 1.165) is 0 Å². The van der Waals surface area contributed by atoms with Crippen molar-refractivity contribution in [3.63, 3.8) is 0 Å². The summed E-state index contributed by atoms with van der Waals surface area (Å²) in [5.41, 5.74) is 0.430. The topological polar surface area (TPSA) is 20.2 Å². The normalized spacial score (nSPS) is 11.8. The molecule has 0 atom stereocenters. The SMILES string of the molecule is CC=C(O)c1ccc(Cl)c(F)c1. The highest BCUT2D eigenvalue weighted by atomic mass is 35.5. The Morgan fingerprint density at radius 2 is 2.25 bits per heavy atom. The van der Waals surface area contributed by atoms with Crippen LogP contribution in [0.3, 0.4) is 0 Å². The van der Waals surface area contributed by atoms with Crippen LogP contribution in [-0.4, -0.2) is 5.11 Å². The summed E-state index contributed by atoms with van der Waals surface area (Å²) in [6.45, 7) is 1.67. The number of aliphatic hydroxyl groups is 1. The van der Waals surface area contributed by atoms with E-state index in [-0.39, 0.29) is 10.8 Å². The van der Waals surface area contributed by atoms with E-state index in [4.69, 9.17) is 11.6 Å². The molecule has 0 bridgehead atoms. The van der Waals surface area contributed by atoms with E-state index < -0.39 is 5.82 Å². The Hall–Kier alpha value is -1.02. The average Bonchev–Trinajstić information content (AvgIpc) is 2.08. The fourth-order valence-corrected chi connectivity index (χ4v) is 0.940. The number of benzene rings is 1. The minimum Gasteiger partial charge on any atom is -0.508 e. The van der Waals surface area contributed by atoms with Crippen molar-refractivity contribution in [3.8, 4) is 0 Å². The van der Waals surface area contributed by atoms with Crippen molar-refractivity contribution in [2.24, 2.45) is 0 Å². The van der Waals surface area contributed by atoms with E-state index in [0.29, 0.717) is 5.56 Å². The van der Waals surface area contributed by atoms with Gasteiger partial charge in [0.05, 0.1) is 5.02 Å². The fourth-order valence-electron chi connectivity index (χ4n) is 0.822. The number of allylic oxidation sites excluding steroid dienone is 1. The predicted molar refractivity (Wildman–Crippen MR) is 47.7 cm³/mol. The highest BCUT2D eigenvalue weighted by molar-refractivity contribution is 6.30. The molecule has 0 aliphatic heterocycles. The Labute approximate surface area is 75.1 Å². The lowest BCUT2D eigenvalue weighted by Gasteiger charge is -1.99. The van der Waals surface area contributed by atoms with Gasteiger partial charge in [0.2, 0.25) is 0 Å². The summed E-state index contributed by atoms with van der Waals surface area (Å²) in [4.78, 5) is 0. The molecular weight excluding hydrogens is 179 g/mol. The third kappa shape index (κ3) is 1.77. The van der Waals surface area contributed by atoms with Gasteiger partial charge in [-0.25, -0.2) is 4.39 Å². The molecular formula is C9H8ClFO. The summed E-state index contributed by atoms with van der Waals surface area (Å²) in [7, 11) is 0. The summed E-state index contributed by atoms with van der Waals surface area (Å²) < 4.78 is 12.8. The maximum atomic E-state index is 12.8. The highest BCUT2D eigenvalue weighted by Crippen LogP contribution is 2.19. The Morgan fingerprint density at radius 1 is 1.58 bits per heavy atom. The highest BCUT2D eigenvalue weighted by Gasteiger charge is 2.02. The second kappa shape index (κ2) is 3.59. The van der Waals surface area contributed by atoms with E-state index in [1.165, 1.54) is 18.2 Å². The molecule has 0 saturated heterocycles. The van der Waals surface area contributed by atoms with Gasteiger partial charge in [-0.05, 0) is 31.2 Å². The molecule has 0 fully saturated rings. The van der Waals surface area contributed by atoms with Crippen molar-refractivity contribution in [1.29, 1.82) is 0 Å². The van der Waals surface area contributed by atoms with Crippen LogP contribution in [0, 0.1) is 5.82 Å². The molecule has 12 heavy (non-hydrogen) atoms. The standard InChI is InChI=1S/C9H8ClFO/c1-2-9(12)6-3-4-7(10)8(11)5-6/h2-5,12H,1H3. The molecule has 64 valence electrons. The Bertz CT molecular complexity index is 320. The van der Waals surface area contributed by atoms with Gasteiger partial charge in [-0.2, -0.15) is 0 Å². The first kappa shape index (κ1) is 9.07. The Kier molecular flexibility index (Phi) is 2.71. The zero-order chi connectivity index (χ0) is 9.14. The minimum atomic E-state index is -0.525. The van der Waals surface area contributed by atoms with Crippen molar-refractivity contribution in [2.45, 2.75) is 6.92 Å². The first-order valence-electron chi connectivity index (χ1n) is 3.46. The molecule has 0 aromatic heterocycles. The quantitative estimate of drug-likeness (QED) is 0.667. The number of rotatable bonds is 1. The lowest BCUT2D eigenvalue weighted by molar-refractivity contribution is 0.509. The van der Waals surface area contributed by atoms with Crippen molar-refractivity contribution < 1.29 is 9.50 Å². The fraction of sp³-hybridized carbons (Fsp3) is 0.111. The van der Waals surface area contributed by atoms with E-state index in [1.54, 1.807) is 13.0 Å². The van der Waals surface area contributed by atoms with E-state index >= 15 is 0 Å². The molecule has 1 nitrogen and oxygen atoms in total. The van der Waals surface area contributed by atoms with Gasteiger partial charge in [0.25, 0.3) is 0 Å². The molecule has 0 aliphatic rings. The van der Waals surface area contributed by atoms with Gasteiger partial charge in [0.1, 0.15) is 11.6 Å². The maximum absolute atomic E-state index is 12.8. The summed E-state index contributed by atoms with van der Waals surface area (Å²) in [5, 5.41) is 9.25. The summed E-state index contributed by atoms with van der Waals surface area (Å²) in [5.74, 6) is -0.479. The molecule has 1 N–H and O–H groups in total. The lowest BCUT2D eigenvalue weighted by Crippen LogP contribution is -1.84. The van der Waals surface area contributed by atoms with Crippen molar-refractivity contribution in [3.05, 3.63) is 40.7 Å². The van der Waals surface area contributed by atoms with Crippen LogP contribution < -0.4 is 0 Å². The zero-order valence-corrected chi connectivity index (χ0v) is 7.27. The molecule has 0 aliphatic carbocycles. The molecule has 3 heteroatoms. The minimum absolute atomic E-state index is 0.0468. The number of halogens is 2. The third-order valence-electron chi connectivity index (χ3n) is 1.49. The van der Waals surface area contributed by atoms with Crippen LogP contribution in [-0.2, 0) is 0 Å². The molecule has 1 rings (SSSR count). The van der Waals surface area contributed by atoms with Gasteiger partial charge in [-0.15, -0.1) is 0 Å². The Morgan fingerprint density at radius 3 is 2.75 bits per heavy atom. The zero-order valence-electron chi connectivity index (χ0n) is 6.51. The molecule has 0 unspecified atom stereocenters.